The summed E-state index contributed by atoms with van der Waals surface area (Å²) in [6, 6.07) is 3.84. The van der Waals surface area contributed by atoms with Crippen molar-refractivity contribution in [1.29, 1.82) is 0 Å². The third-order valence-electron chi connectivity index (χ3n) is 4.45. The van der Waals surface area contributed by atoms with Crippen molar-refractivity contribution < 1.29 is 4.79 Å². The fourth-order valence-corrected chi connectivity index (χ4v) is 4.07. The average molecular weight is 303 g/mol. The molecule has 112 valence electrons. The van der Waals surface area contributed by atoms with Gasteiger partial charge in [-0.2, -0.15) is 0 Å². The van der Waals surface area contributed by atoms with Crippen molar-refractivity contribution in [1.82, 2.24) is 9.88 Å². The fraction of sp³-hybridized carbons (Fsp3) is 0.500. The number of anilines is 1. The van der Waals surface area contributed by atoms with Gasteiger partial charge >= 0.3 is 0 Å². The van der Waals surface area contributed by atoms with Crippen molar-refractivity contribution in [2.75, 3.05) is 18.8 Å². The average Bonchev–Trinajstić information content (AvgIpc) is 2.84. The second kappa shape index (κ2) is 5.64. The van der Waals surface area contributed by atoms with Crippen LogP contribution in [0, 0.1) is 11.8 Å². The molecule has 0 unspecified atom stereocenters. The molecule has 0 saturated carbocycles. The second-order valence-electron chi connectivity index (χ2n) is 6.07. The number of pyridine rings is 1. The Labute approximate surface area is 129 Å². The van der Waals surface area contributed by atoms with E-state index in [0.29, 0.717) is 16.5 Å². The predicted octanol–water partition coefficient (Wildman–Crippen LogP) is 3.39. The number of nitrogen functional groups attached to an aromatic ring is 1. The number of hydrogen-bond donors (Lipinski definition) is 1. The van der Waals surface area contributed by atoms with Crippen molar-refractivity contribution in [2.24, 2.45) is 11.8 Å². The lowest BCUT2D eigenvalue weighted by atomic mass is 9.87. The number of nitrogens with two attached hydrogens (primary N) is 1. The molecule has 3 rings (SSSR count). The summed E-state index contributed by atoms with van der Waals surface area (Å²) in [7, 11) is 0. The van der Waals surface area contributed by atoms with E-state index in [1.54, 1.807) is 6.20 Å². The molecule has 5 heteroatoms. The van der Waals surface area contributed by atoms with E-state index in [1.807, 2.05) is 17.0 Å². The summed E-state index contributed by atoms with van der Waals surface area (Å²) in [6.45, 7) is 6.20. The minimum absolute atomic E-state index is 0.0673. The highest BCUT2D eigenvalue weighted by molar-refractivity contribution is 7.21. The third kappa shape index (κ3) is 2.62. The van der Waals surface area contributed by atoms with Crippen LogP contribution in [0.5, 0.6) is 0 Å². The summed E-state index contributed by atoms with van der Waals surface area (Å²) >= 11 is 1.45. The van der Waals surface area contributed by atoms with Gasteiger partial charge in [0.25, 0.3) is 5.91 Å². The van der Waals surface area contributed by atoms with E-state index in [0.717, 1.165) is 42.1 Å². The molecule has 0 aromatic carbocycles. The van der Waals surface area contributed by atoms with Gasteiger partial charge in [0.2, 0.25) is 0 Å². The second-order valence-corrected chi connectivity index (χ2v) is 7.12. The summed E-state index contributed by atoms with van der Waals surface area (Å²) in [5.74, 6) is 1.49. The van der Waals surface area contributed by atoms with Crippen LogP contribution in [0.1, 0.15) is 36.4 Å². The number of hydrogen-bond acceptors (Lipinski definition) is 4. The Morgan fingerprint density at radius 1 is 1.43 bits per heavy atom. The number of thiophene rings is 1. The maximum atomic E-state index is 12.7. The van der Waals surface area contributed by atoms with Crippen molar-refractivity contribution in [3.8, 4) is 0 Å². The number of aromatic nitrogens is 1. The molecule has 2 aromatic heterocycles. The zero-order valence-electron chi connectivity index (χ0n) is 12.5. The van der Waals surface area contributed by atoms with Gasteiger partial charge in [-0.05, 0) is 36.8 Å². The topological polar surface area (TPSA) is 59.2 Å². The van der Waals surface area contributed by atoms with Gasteiger partial charge in [0, 0.05) is 19.3 Å². The zero-order valence-corrected chi connectivity index (χ0v) is 13.3. The number of piperidine rings is 1. The van der Waals surface area contributed by atoms with E-state index in [1.165, 1.54) is 11.3 Å². The molecule has 3 heterocycles. The predicted molar refractivity (Wildman–Crippen MR) is 87.5 cm³/mol. The fourth-order valence-electron chi connectivity index (χ4n) is 3.02. The van der Waals surface area contributed by atoms with Crippen molar-refractivity contribution >= 4 is 33.1 Å². The molecule has 0 spiro atoms. The first-order valence-electron chi connectivity index (χ1n) is 7.50. The molecule has 1 saturated heterocycles. The minimum Gasteiger partial charge on any atom is -0.396 e. The van der Waals surface area contributed by atoms with Crippen LogP contribution in [0.2, 0.25) is 0 Å². The first kappa shape index (κ1) is 14.3. The molecule has 2 aromatic rings. The lowest BCUT2D eigenvalue weighted by Gasteiger charge is -2.33. The first-order valence-corrected chi connectivity index (χ1v) is 8.32. The van der Waals surface area contributed by atoms with Crippen molar-refractivity contribution in [2.45, 2.75) is 26.7 Å². The molecular weight excluding hydrogens is 282 g/mol. The van der Waals surface area contributed by atoms with E-state index in [-0.39, 0.29) is 5.91 Å². The summed E-state index contributed by atoms with van der Waals surface area (Å²) in [5, 5.41) is 0. The van der Waals surface area contributed by atoms with Crippen molar-refractivity contribution in [3.63, 3.8) is 0 Å². The van der Waals surface area contributed by atoms with Crippen LogP contribution in [0.25, 0.3) is 10.2 Å². The summed E-state index contributed by atoms with van der Waals surface area (Å²) in [6.07, 6.45) is 3.90. The molecular formula is C16H21N3OS. The van der Waals surface area contributed by atoms with E-state index < -0.39 is 0 Å². The standard InChI is InChI=1S/C16H21N3OS/c1-10(2)11-5-8-19(9-6-11)16(20)15-13(17)14-12(21-15)4-3-7-18-14/h3-4,7,10-11H,5-6,8-9,17H2,1-2H3. The van der Waals surface area contributed by atoms with Crippen LogP contribution in [-0.4, -0.2) is 28.9 Å². The number of amides is 1. The molecule has 1 aliphatic rings. The molecule has 1 fully saturated rings. The molecule has 0 atom stereocenters. The number of likely N-dealkylation sites (tertiary alicyclic amines) is 1. The van der Waals surface area contributed by atoms with Gasteiger partial charge in [-0.3, -0.25) is 9.78 Å². The van der Waals surface area contributed by atoms with Gasteiger partial charge in [-0.15, -0.1) is 11.3 Å². The third-order valence-corrected chi connectivity index (χ3v) is 5.59. The van der Waals surface area contributed by atoms with Crippen LogP contribution in [-0.2, 0) is 0 Å². The Morgan fingerprint density at radius 2 is 2.14 bits per heavy atom. The van der Waals surface area contributed by atoms with Gasteiger partial charge in [-0.1, -0.05) is 13.8 Å². The quantitative estimate of drug-likeness (QED) is 0.925. The molecule has 4 nitrogen and oxygen atoms in total. The van der Waals surface area contributed by atoms with E-state index in [4.69, 9.17) is 5.73 Å². The highest BCUT2D eigenvalue weighted by Gasteiger charge is 2.27. The minimum atomic E-state index is 0.0673. The summed E-state index contributed by atoms with van der Waals surface area (Å²) in [5.41, 5.74) is 7.41. The van der Waals surface area contributed by atoms with Gasteiger partial charge in [0.1, 0.15) is 10.4 Å². The molecule has 0 bridgehead atoms. The van der Waals surface area contributed by atoms with Crippen LogP contribution < -0.4 is 5.73 Å². The Kier molecular flexibility index (Phi) is 3.85. The summed E-state index contributed by atoms with van der Waals surface area (Å²) < 4.78 is 0.982. The van der Waals surface area contributed by atoms with Gasteiger partial charge in [0.05, 0.1) is 10.4 Å². The molecule has 1 amide bonds. The Bertz CT molecular complexity index is 657. The number of carbonyl (C=O) groups excluding carboxylic acids is 1. The van der Waals surface area contributed by atoms with Gasteiger partial charge in [0.15, 0.2) is 0 Å². The molecule has 0 aliphatic carbocycles. The monoisotopic (exact) mass is 303 g/mol. The number of carbonyl (C=O) groups is 1. The lowest BCUT2D eigenvalue weighted by Crippen LogP contribution is -2.39. The Balaban J connectivity index is 1.80. The van der Waals surface area contributed by atoms with E-state index in [9.17, 15) is 4.79 Å². The zero-order chi connectivity index (χ0) is 15.0. The maximum absolute atomic E-state index is 12.7. The molecule has 0 radical (unpaired) electrons. The number of nitrogens with zero attached hydrogens (tertiary/aromatic N) is 2. The normalized spacial score (nSPS) is 16.8. The Hall–Kier alpha value is -1.62. The Morgan fingerprint density at radius 3 is 2.76 bits per heavy atom. The van der Waals surface area contributed by atoms with E-state index in [2.05, 4.69) is 18.8 Å². The highest BCUT2D eigenvalue weighted by Crippen LogP contribution is 2.34. The van der Waals surface area contributed by atoms with Crippen LogP contribution in [0.4, 0.5) is 5.69 Å². The van der Waals surface area contributed by atoms with Crippen LogP contribution in [0.15, 0.2) is 18.3 Å². The molecule has 21 heavy (non-hydrogen) atoms. The lowest BCUT2D eigenvalue weighted by molar-refractivity contribution is 0.0673. The largest absolute Gasteiger partial charge is 0.396 e. The maximum Gasteiger partial charge on any atom is 0.266 e. The van der Waals surface area contributed by atoms with Gasteiger partial charge < -0.3 is 10.6 Å². The number of rotatable bonds is 2. The van der Waals surface area contributed by atoms with Crippen molar-refractivity contribution in [3.05, 3.63) is 23.2 Å². The van der Waals surface area contributed by atoms with Crippen LogP contribution >= 0.6 is 11.3 Å². The highest BCUT2D eigenvalue weighted by atomic mass is 32.1. The number of fused-ring (bicyclic) bond motifs is 1. The van der Waals surface area contributed by atoms with Gasteiger partial charge in [-0.25, -0.2) is 0 Å². The smallest absolute Gasteiger partial charge is 0.266 e. The molecule has 1 aliphatic heterocycles. The van der Waals surface area contributed by atoms with E-state index >= 15 is 0 Å². The first-order chi connectivity index (χ1) is 10.1. The SMILES string of the molecule is CC(C)C1CCN(C(=O)c2sc3cccnc3c2N)CC1. The molecule has 2 N–H and O–H groups in total. The summed E-state index contributed by atoms with van der Waals surface area (Å²) in [4.78, 5) is 19.6. The van der Waals surface area contributed by atoms with Crippen LogP contribution in [0.3, 0.4) is 0 Å².